The van der Waals surface area contributed by atoms with E-state index in [0.717, 1.165) is 5.69 Å². The van der Waals surface area contributed by atoms with Gasteiger partial charge in [0.2, 0.25) is 0 Å². The maximum absolute atomic E-state index is 11.8. The van der Waals surface area contributed by atoms with Crippen molar-refractivity contribution in [2.45, 2.75) is 20.4 Å². The van der Waals surface area contributed by atoms with Crippen LogP contribution in [-0.2, 0) is 6.54 Å². The summed E-state index contributed by atoms with van der Waals surface area (Å²) in [5, 5.41) is 0. The molecule has 2 aromatic rings. The molecule has 0 fully saturated rings. The van der Waals surface area contributed by atoms with E-state index in [2.05, 4.69) is 0 Å². The molecule has 0 aliphatic heterocycles. The zero-order valence-electron chi connectivity index (χ0n) is 8.97. The lowest BCUT2D eigenvalue weighted by atomic mass is 10.2. The minimum atomic E-state index is 0.0151. The minimum absolute atomic E-state index is 0.0151. The second kappa shape index (κ2) is 3.77. The van der Waals surface area contributed by atoms with Crippen molar-refractivity contribution in [2.75, 3.05) is 0 Å². The molecule has 0 saturated heterocycles. The van der Waals surface area contributed by atoms with Crippen LogP contribution in [0.1, 0.15) is 12.5 Å². The Balaban J connectivity index is 2.50. The Hall–Kier alpha value is -1.77. The number of hydrogen-bond donors (Lipinski definition) is 0. The molecule has 0 atom stereocenters. The van der Waals surface area contributed by atoms with Crippen molar-refractivity contribution in [3.63, 3.8) is 0 Å². The Labute approximate surface area is 88.6 Å². The molecular formula is C12H14N2O. The van der Waals surface area contributed by atoms with Gasteiger partial charge in [0.25, 0.3) is 0 Å². The number of benzene rings is 1. The molecule has 0 amide bonds. The molecular weight excluding hydrogens is 188 g/mol. The fourth-order valence-electron chi connectivity index (χ4n) is 1.56. The van der Waals surface area contributed by atoms with Crippen molar-refractivity contribution in [3.8, 4) is 5.69 Å². The third-order valence-electron chi connectivity index (χ3n) is 2.50. The first-order chi connectivity index (χ1) is 7.22. The molecule has 2 rings (SSSR count). The second-order valence-electron chi connectivity index (χ2n) is 3.57. The lowest BCUT2D eigenvalue weighted by Crippen LogP contribution is -2.22. The molecule has 0 spiro atoms. The van der Waals surface area contributed by atoms with E-state index in [9.17, 15) is 4.79 Å². The van der Waals surface area contributed by atoms with Crippen molar-refractivity contribution in [1.29, 1.82) is 0 Å². The fraction of sp³-hybridized carbons (Fsp3) is 0.250. The van der Waals surface area contributed by atoms with Gasteiger partial charge in [0.15, 0.2) is 0 Å². The van der Waals surface area contributed by atoms with Gasteiger partial charge >= 0.3 is 5.69 Å². The summed E-state index contributed by atoms with van der Waals surface area (Å²) in [7, 11) is 0. The first-order valence-corrected chi connectivity index (χ1v) is 5.07. The van der Waals surface area contributed by atoms with E-state index in [1.165, 1.54) is 5.56 Å². The summed E-state index contributed by atoms with van der Waals surface area (Å²) < 4.78 is 3.34. The van der Waals surface area contributed by atoms with Crippen LogP contribution < -0.4 is 5.69 Å². The van der Waals surface area contributed by atoms with Crippen LogP contribution in [0.4, 0.5) is 0 Å². The van der Waals surface area contributed by atoms with Crippen molar-refractivity contribution in [3.05, 3.63) is 52.7 Å². The maximum Gasteiger partial charge on any atom is 0.332 e. The predicted molar refractivity (Wildman–Crippen MR) is 60.4 cm³/mol. The maximum atomic E-state index is 11.8. The Morgan fingerprint density at radius 3 is 2.33 bits per heavy atom. The Kier molecular flexibility index (Phi) is 2.46. The Morgan fingerprint density at radius 1 is 1.13 bits per heavy atom. The van der Waals surface area contributed by atoms with Crippen LogP contribution in [0.5, 0.6) is 0 Å². The summed E-state index contributed by atoms with van der Waals surface area (Å²) in [6.45, 7) is 4.70. The van der Waals surface area contributed by atoms with Gasteiger partial charge in [0.05, 0.1) is 5.69 Å². The first-order valence-electron chi connectivity index (χ1n) is 5.07. The molecule has 1 aromatic carbocycles. The van der Waals surface area contributed by atoms with Gasteiger partial charge in [-0.2, -0.15) is 0 Å². The minimum Gasteiger partial charge on any atom is -0.299 e. The Morgan fingerprint density at radius 2 is 1.80 bits per heavy atom. The van der Waals surface area contributed by atoms with Gasteiger partial charge in [0.1, 0.15) is 0 Å². The lowest BCUT2D eigenvalue weighted by molar-refractivity contribution is 0.714. The molecule has 78 valence electrons. The number of aryl methyl sites for hydroxylation is 2. The van der Waals surface area contributed by atoms with Crippen molar-refractivity contribution < 1.29 is 0 Å². The van der Waals surface area contributed by atoms with Gasteiger partial charge in [-0.15, -0.1) is 0 Å². The fourth-order valence-corrected chi connectivity index (χ4v) is 1.56. The SMILES string of the molecule is CCn1ccn(-c2ccc(C)cc2)c1=O. The highest BCUT2D eigenvalue weighted by atomic mass is 16.1. The van der Waals surface area contributed by atoms with Crippen LogP contribution >= 0.6 is 0 Å². The molecule has 0 radical (unpaired) electrons. The number of aromatic nitrogens is 2. The van der Waals surface area contributed by atoms with E-state index < -0.39 is 0 Å². The summed E-state index contributed by atoms with van der Waals surface area (Å²) in [5.41, 5.74) is 2.13. The van der Waals surface area contributed by atoms with Gasteiger partial charge < -0.3 is 0 Å². The quantitative estimate of drug-likeness (QED) is 0.731. The summed E-state index contributed by atoms with van der Waals surface area (Å²) in [6, 6.07) is 7.92. The third-order valence-corrected chi connectivity index (χ3v) is 2.50. The van der Waals surface area contributed by atoms with Crippen LogP contribution in [0.2, 0.25) is 0 Å². The molecule has 3 heteroatoms. The molecule has 0 aliphatic rings. The van der Waals surface area contributed by atoms with Crippen LogP contribution in [0.3, 0.4) is 0 Å². The first kappa shape index (κ1) is 9.77. The van der Waals surface area contributed by atoms with E-state index in [-0.39, 0.29) is 5.69 Å². The van der Waals surface area contributed by atoms with Gasteiger partial charge in [-0.25, -0.2) is 4.79 Å². The molecule has 0 bridgehead atoms. The normalized spacial score (nSPS) is 10.5. The molecule has 15 heavy (non-hydrogen) atoms. The number of rotatable bonds is 2. The molecule has 0 unspecified atom stereocenters. The number of hydrogen-bond acceptors (Lipinski definition) is 1. The van der Waals surface area contributed by atoms with E-state index in [1.807, 2.05) is 44.3 Å². The highest BCUT2D eigenvalue weighted by Gasteiger charge is 2.02. The highest BCUT2D eigenvalue weighted by Crippen LogP contribution is 2.06. The monoisotopic (exact) mass is 202 g/mol. The zero-order valence-corrected chi connectivity index (χ0v) is 8.97. The van der Waals surface area contributed by atoms with Crippen molar-refractivity contribution in [2.24, 2.45) is 0 Å². The van der Waals surface area contributed by atoms with Gasteiger partial charge in [0, 0.05) is 18.9 Å². The Bertz CT molecular complexity index is 505. The van der Waals surface area contributed by atoms with E-state index in [4.69, 9.17) is 0 Å². The van der Waals surface area contributed by atoms with Gasteiger partial charge in [-0.3, -0.25) is 9.13 Å². The molecule has 0 aliphatic carbocycles. The lowest BCUT2D eigenvalue weighted by Gasteiger charge is -2.01. The summed E-state index contributed by atoms with van der Waals surface area (Å²) in [5.74, 6) is 0. The summed E-state index contributed by atoms with van der Waals surface area (Å²) >= 11 is 0. The summed E-state index contributed by atoms with van der Waals surface area (Å²) in [6.07, 6.45) is 3.61. The van der Waals surface area contributed by atoms with Crippen LogP contribution in [0.25, 0.3) is 5.69 Å². The zero-order chi connectivity index (χ0) is 10.8. The average Bonchev–Trinajstić information content (AvgIpc) is 2.61. The molecule has 0 N–H and O–H groups in total. The third kappa shape index (κ3) is 1.73. The van der Waals surface area contributed by atoms with Crippen LogP contribution in [-0.4, -0.2) is 9.13 Å². The van der Waals surface area contributed by atoms with Crippen molar-refractivity contribution in [1.82, 2.24) is 9.13 Å². The molecule has 1 aromatic heterocycles. The molecule has 3 nitrogen and oxygen atoms in total. The van der Waals surface area contributed by atoms with E-state index >= 15 is 0 Å². The average molecular weight is 202 g/mol. The largest absolute Gasteiger partial charge is 0.332 e. The molecule has 1 heterocycles. The smallest absolute Gasteiger partial charge is 0.299 e. The predicted octanol–water partition coefficient (Wildman–Crippen LogP) is 1.97. The standard InChI is InChI=1S/C12H14N2O/c1-3-13-8-9-14(12(13)15)11-6-4-10(2)5-7-11/h4-9H,3H2,1-2H3. The number of imidazole rings is 1. The van der Waals surface area contributed by atoms with Crippen LogP contribution in [0.15, 0.2) is 41.5 Å². The topological polar surface area (TPSA) is 26.9 Å². The van der Waals surface area contributed by atoms with E-state index in [0.29, 0.717) is 6.54 Å². The van der Waals surface area contributed by atoms with Gasteiger partial charge in [-0.1, -0.05) is 17.7 Å². The second-order valence-corrected chi connectivity index (χ2v) is 3.57. The van der Waals surface area contributed by atoms with Gasteiger partial charge in [-0.05, 0) is 26.0 Å². The van der Waals surface area contributed by atoms with Crippen LogP contribution in [0, 0.1) is 6.92 Å². The van der Waals surface area contributed by atoms with Crippen molar-refractivity contribution >= 4 is 0 Å². The van der Waals surface area contributed by atoms with E-state index in [1.54, 1.807) is 15.3 Å². The highest BCUT2D eigenvalue weighted by molar-refractivity contribution is 5.34. The summed E-state index contributed by atoms with van der Waals surface area (Å²) in [4.78, 5) is 11.8. The molecule has 0 saturated carbocycles. The number of nitrogens with zero attached hydrogens (tertiary/aromatic N) is 2.